The third-order valence-corrected chi connectivity index (χ3v) is 3.24. The van der Waals surface area contributed by atoms with E-state index in [9.17, 15) is 0 Å². The summed E-state index contributed by atoms with van der Waals surface area (Å²) in [5.74, 6) is 0. The number of hydrogen-bond acceptors (Lipinski definition) is 1. The van der Waals surface area contributed by atoms with Crippen LogP contribution >= 0.6 is 11.6 Å². The quantitative estimate of drug-likeness (QED) is 0.799. The molecule has 1 aromatic heterocycles. The molecule has 0 bridgehead atoms. The fourth-order valence-corrected chi connectivity index (χ4v) is 2.31. The van der Waals surface area contributed by atoms with Crippen molar-refractivity contribution in [3.63, 3.8) is 0 Å². The second-order valence-corrected chi connectivity index (χ2v) is 4.72. The van der Waals surface area contributed by atoms with Crippen LogP contribution in [-0.2, 0) is 13.1 Å². The van der Waals surface area contributed by atoms with Gasteiger partial charge in [-0.1, -0.05) is 24.6 Å². The van der Waals surface area contributed by atoms with E-state index in [-0.39, 0.29) is 0 Å². The first-order chi connectivity index (χ1) is 8.26. The fourth-order valence-electron chi connectivity index (χ4n) is 2.14. The van der Waals surface area contributed by atoms with Crippen molar-refractivity contribution in [3.8, 4) is 0 Å². The van der Waals surface area contributed by atoms with Crippen molar-refractivity contribution in [2.75, 3.05) is 6.54 Å². The van der Waals surface area contributed by atoms with E-state index in [0.717, 1.165) is 31.1 Å². The van der Waals surface area contributed by atoms with Crippen molar-refractivity contribution < 1.29 is 0 Å². The van der Waals surface area contributed by atoms with Gasteiger partial charge in [0.2, 0.25) is 0 Å². The predicted molar refractivity (Wildman–Crippen MR) is 74.6 cm³/mol. The van der Waals surface area contributed by atoms with Crippen LogP contribution in [0.5, 0.6) is 0 Å². The molecule has 1 N–H and O–H groups in total. The van der Waals surface area contributed by atoms with E-state index in [1.54, 1.807) is 0 Å². The van der Waals surface area contributed by atoms with Crippen LogP contribution in [0.2, 0.25) is 5.02 Å². The summed E-state index contributed by atoms with van der Waals surface area (Å²) in [4.78, 5) is 0. The van der Waals surface area contributed by atoms with E-state index >= 15 is 0 Å². The van der Waals surface area contributed by atoms with Gasteiger partial charge in [0.05, 0.1) is 0 Å². The lowest BCUT2D eigenvalue weighted by Crippen LogP contribution is -2.13. The summed E-state index contributed by atoms with van der Waals surface area (Å²) in [6.07, 6.45) is 3.39. The number of rotatable bonds is 5. The Morgan fingerprint density at radius 2 is 2.12 bits per heavy atom. The van der Waals surface area contributed by atoms with Gasteiger partial charge in [0.25, 0.3) is 0 Å². The van der Waals surface area contributed by atoms with Crippen LogP contribution in [0.4, 0.5) is 0 Å². The number of nitrogens with one attached hydrogen (secondary N) is 1. The van der Waals surface area contributed by atoms with Crippen LogP contribution in [-0.4, -0.2) is 11.1 Å². The molecule has 0 radical (unpaired) electrons. The summed E-state index contributed by atoms with van der Waals surface area (Å²) in [6, 6.07) is 6.13. The minimum atomic E-state index is 0.804. The Labute approximate surface area is 108 Å². The van der Waals surface area contributed by atoms with Gasteiger partial charge >= 0.3 is 0 Å². The molecule has 17 heavy (non-hydrogen) atoms. The topological polar surface area (TPSA) is 17.0 Å². The number of benzene rings is 1. The Balaban J connectivity index is 2.35. The smallest absolute Gasteiger partial charge is 0.0498 e. The average Bonchev–Trinajstić information content (AvgIpc) is 2.67. The van der Waals surface area contributed by atoms with Crippen LogP contribution in [0.1, 0.15) is 25.8 Å². The number of aromatic nitrogens is 1. The zero-order chi connectivity index (χ0) is 12.3. The summed E-state index contributed by atoms with van der Waals surface area (Å²) in [6.45, 7) is 7.31. The Morgan fingerprint density at radius 3 is 2.82 bits per heavy atom. The van der Waals surface area contributed by atoms with Crippen molar-refractivity contribution >= 4 is 22.5 Å². The Morgan fingerprint density at radius 1 is 1.29 bits per heavy atom. The van der Waals surface area contributed by atoms with Crippen LogP contribution in [0.15, 0.2) is 24.4 Å². The van der Waals surface area contributed by atoms with Gasteiger partial charge in [-0.3, -0.25) is 0 Å². The van der Waals surface area contributed by atoms with Crippen LogP contribution in [0, 0.1) is 0 Å². The molecule has 0 aliphatic heterocycles. The summed E-state index contributed by atoms with van der Waals surface area (Å²) in [7, 11) is 0. The van der Waals surface area contributed by atoms with Gasteiger partial charge < -0.3 is 9.88 Å². The predicted octanol–water partition coefficient (Wildman–Crippen LogP) is 3.81. The monoisotopic (exact) mass is 250 g/mol. The third kappa shape index (κ3) is 2.64. The van der Waals surface area contributed by atoms with Crippen molar-refractivity contribution in [3.05, 3.63) is 35.0 Å². The molecule has 0 saturated carbocycles. The molecule has 0 spiro atoms. The highest BCUT2D eigenvalue weighted by atomic mass is 35.5. The lowest BCUT2D eigenvalue weighted by molar-refractivity contribution is 0.674. The molecule has 0 amide bonds. The molecule has 0 unspecified atom stereocenters. The van der Waals surface area contributed by atoms with Gasteiger partial charge in [0.15, 0.2) is 0 Å². The first-order valence-electron chi connectivity index (χ1n) is 6.24. The Kier molecular flexibility index (Phi) is 4.08. The lowest BCUT2D eigenvalue weighted by Gasteiger charge is -2.01. The highest BCUT2D eigenvalue weighted by Crippen LogP contribution is 2.24. The Bertz CT molecular complexity index is 502. The Hall–Kier alpha value is -0.990. The largest absolute Gasteiger partial charge is 0.347 e. The van der Waals surface area contributed by atoms with Gasteiger partial charge in [0, 0.05) is 35.2 Å². The average molecular weight is 251 g/mol. The molecule has 92 valence electrons. The number of nitrogens with zero attached hydrogens (tertiary/aromatic N) is 1. The molecule has 2 aromatic rings. The minimum absolute atomic E-state index is 0.804. The van der Waals surface area contributed by atoms with Gasteiger partial charge in [0.1, 0.15) is 0 Å². The van der Waals surface area contributed by atoms with Crippen molar-refractivity contribution in [2.45, 2.75) is 33.4 Å². The van der Waals surface area contributed by atoms with Crippen molar-refractivity contribution in [1.82, 2.24) is 9.88 Å². The highest BCUT2D eigenvalue weighted by molar-refractivity contribution is 6.31. The zero-order valence-electron chi connectivity index (χ0n) is 10.5. The molecule has 2 rings (SSSR count). The number of halogens is 1. The number of hydrogen-bond donors (Lipinski definition) is 1. The van der Waals surface area contributed by atoms with Crippen molar-refractivity contribution in [2.24, 2.45) is 0 Å². The van der Waals surface area contributed by atoms with Gasteiger partial charge in [-0.25, -0.2) is 0 Å². The standard InChI is InChI=1S/C14H19ClN2/c1-3-7-16-9-11-10-17(4-2)14-8-12(15)5-6-13(11)14/h5-6,8,10,16H,3-4,7,9H2,1-2H3. The molecule has 0 aliphatic carbocycles. The van der Waals surface area contributed by atoms with Crippen LogP contribution < -0.4 is 5.32 Å². The molecule has 0 atom stereocenters. The van der Waals surface area contributed by atoms with E-state index < -0.39 is 0 Å². The van der Waals surface area contributed by atoms with Crippen LogP contribution in [0.25, 0.3) is 10.9 Å². The van der Waals surface area contributed by atoms with Gasteiger partial charge in [-0.05, 0) is 37.6 Å². The minimum Gasteiger partial charge on any atom is -0.347 e. The van der Waals surface area contributed by atoms with Crippen LogP contribution in [0.3, 0.4) is 0 Å². The normalized spacial score (nSPS) is 11.2. The number of aryl methyl sites for hydroxylation is 1. The summed E-state index contributed by atoms with van der Waals surface area (Å²) in [5, 5.41) is 5.56. The van der Waals surface area contributed by atoms with E-state index in [1.807, 2.05) is 12.1 Å². The molecule has 0 fully saturated rings. The molecule has 1 heterocycles. The van der Waals surface area contributed by atoms with E-state index in [4.69, 9.17) is 11.6 Å². The molecule has 2 nitrogen and oxygen atoms in total. The third-order valence-electron chi connectivity index (χ3n) is 3.01. The summed E-state index contributed by atoms with van der Waals surface area (Å²) in [5.41, 5.74) is 2.58. The lowest BCUT2D eigenvalue weighted by atomic mass is 10.2. The second-order valence-electron chi connectivity index (χ2n) is 4.28. The summed E-state index contributed by atoms with van der Waals surface area (Å²) < 4.78 is 2.25. The maximum absolute atomic E-state index is 6.05. The van der Waals surface area contributed by atoms with E-state index in [2.05, 4.69) is 36.0 Å². The molecule has 1 aromatic carbocycles. The first-order valence-corrected chi connectivity index (χ1v) is 6.62. The SMILES string of the molecule is CCCNCc1cn(CC)c2cc(Cl)ccc12. The van der Waals surface area contributed by atoms with E-state index in [1.165, 1.54) is 16.5 Å². The molecular weight excluding hydrogens is 232 g/mol. The van der Waals surface area contributed by atoms with Gasteiger partial charge in [-0.2, -0.15) is 0 Å². The van der Waals surface area contributed by atoms with Crippen molar-refractivity contribution in [1.29, 1.82) is 0 Å². The second kappa shape index (κ2) is 5.56. The number of fused-ring (bicyclic) bond motifs is 1. The molecule has 0 aliphatic rings. The zero-order valence-corrected chi connectivity index (χ0v) is 11.2. The van der Waals surface area contributed by atoms with E-state index in [0.29, 0.717) is 0 Å². The van der Waals surface area contributed by atoms with Gasteiger partial charge in [-0.15, -0.1) is 0 Å². The maximum Gasteiger partial charge on any atom is 0.0498 e. The molecular formula is C14H19ClN2. The molecule has 3 heteroatoms. The molecule has 0 saturated heterocycles. The fraction of sp³-hybridized carbons (Fsp3) is 0.429. The highest BCUT2D eigenvalue weighted by Gasteiger charge is 2.07. The summed E-state index contributed by atoms with van der Waals surface area (Å²) >= 11 is 6.05. The first kappa shape index (κ1) is 12.5. The maximum atomic E-state index is 6.05.